The molecule has 2 aromatic rings. The second-order valence-electron chi connectivity index (χ2n) is 7.05. The minimum Gasteiger partial charge on any atom is -0.336 e. The van der Waals surface area contributed by atoms with Crippen LogP contribution in [0.25, 0.3) is 0 Å². The van der Waals surface area contributed by atoms with Crippen LogP contribution in [-0.2, 0) is 16.1 Å². The number of halogens is 2. The van der Waals surface area contributed by atoms with Crippen LogP contribution in [0.15, 0.2) is 48.5 Å². The summed E-state index contributed by atoms with van der Waals surface area (Å²) in [5, 5.41) is -0.0389. The van der Waals surface area contributed by atoms with Gasteiger partial charge < -0.3 is 9.80 Å². The number of anilines is 1. The van der Waals surface area contributed by atoms with E-state index in [0.29, 0.717) is 12.2 Å². The van der Waals surface area contributed by atoms with Crippen molar-refractivity contribution in [3.63, 3.8) is 0 Å². The highest BCUT2D eigenvalue weighted by molar-refractivity contribution is 6.31. The maximum Gasteiger partial charge on any atom is 0.228 e. The van der Waals surface area contributed by atoms with Gasteiger partial charge in [-0.3, -0.25) is 9.59 Å². The van der Waals surface area contributed by atoms with Crippen LogP contribution in [-0.4, -0.2) is 29.3 Å². The number of rotatable bonds is 5. The van der Waals surface area contributed by atoms with Crippen LogP contribution in [0.3, 0.4) is 0 Å². The van der Waals surface area contributed by atoms with Crippen LogP contribution in [0.2, 0.25) is 5.02 Å². The molecule has 4 nitrogen and oxygen atoms in total. The van der Waals surface area contributed by atoms with Crippen molar-refractivity contribution >= 4 is 29.1 Å². The topological polar surface area (TPSA) is 40.6 Å². The Morgan fingerprint density at radius 2 is 1.96 bits per heavy atom. The van der Waals surface area contributed by atoms with Crippen LogP contribution in [0, 0.1) is 11.7 Å². The van der Waals surface area contributed by atoms with Crippen molar-refractivity contribution in [2.24, 2.45) is 5.92 Å². The highest BCUT2D eigenvalue weighted by Crippen LogP contribution is 2.30. The molecule has 1 saturated heterocycles. The molecule has 1 heterocycles. The van der Waals surface area contributed by atoms with Gasteiger partial charge in [0.25, 0.3) is 0 Å². The molecule has 0 N–H and O–H groups in total. The molecular weight excluding hydrogens is 367 g/mol. The number of hydrogen-bond acceptors (Lipinski definition) is 2. The van der Waals surface area contributed by atoms with E-state index in [2.05, 4.69) is 0 Å². The van der Waals surface area contributed by atoms with Crippen LogP contribution < -0.4 is 4.90 Å². The summed E-state index contributed by atoms with van der Waals surface area (Å²) in [5.41, 5.74) is 1.56. The summed E-state index contributed by atoms with van der Waals surface area (Å²) in [6, 6.07) is 14.0. The van der Waals surface area contributed by atoms with E-state index in [1.807, 2.05) is 44.2 Å². The molecular formula is C21H22ClFN2O2. The standard InChI is InChI=1S/C21H22ClFN2O2/c1-14(2)24(12-15-6-4-3-5-7-15)21(27)16-10-20(26)25(13-16)17-8-9-19(23)18(22)11-17/h3-9,11,14,16H,10,12-13H2,1-2H3. The van der Waals surface area contributed by atoms with Gasteiger partial charge in [-0.05, 0) is 37.6 Å². The Balaban J connectivity index is 1.76. The zero-order valence-electron chi connectivity index (χ0n) is 15.4. The normalized spacial score (nSPS) is 16.9. The summed E-state index contributed by atoms with van der Waals surface area (Å²) in [6.07, 6.45) is 0.145. The molecule has 1 aliphatic heterocycles. The molecule has 0 saturated carbocycles. The third-order valence-corrected chi connectivity index (χ3v) is 5.08. The fourth-order valence-corrected chi connectivity index (χ4v) is 3.48. The van der Waals surface area contributed by atoms with E-state index in [-0.39, 0.29) is 35.8 Å². The number of nitrogens with zero attached hydrogens (tertiary/aromatic N) is 2. The molecule has 0 radical (unpaired) electrons. The van der Waals surface area contributed by atoms with E-state index >= 15 is 0 Å². The second-order valence-corrected chi connectivity index (χ2v) is 7.46. The molecule has 0 spiro atoms. The quantitative estimate of drug-likeness (QED) is 0.767. The minimum absolute atomic E-state index is 0.0159. The van der Waals surface area contributed by atoms with Gasteiger partial charge in [-0.2, -0.15) is 0 Å². The van der Waals surface area contributed by atoms with Crippen LogP contribution >= 0.6 is 11.6 Å². The molecule has 27 heavy (non-hydrogen) atoms. The first kappa shape index (κ1) is 19.4. The first-order chi connectivity index (χ1) is 12.9. The Hall–Kier alpha value is -2.40. The van der Waals surface area contributed by atoms with Gasteiger partial charge in [0.1, 0.15) is 5.82 Å². The lowest BCUT2D eigenvalue weighted by Gasteiger charge is -2.29. The summed E-state index contributed by atoms with van der Waals surface area (Å²) in [5.74, 6) is -1.15. The first-order valence-corrected chi connectivity index (χ1v) is 9.34. The van der Waals surface area contributed by atoms with Gasteiger partial charge in [-0.1, -0.05) is 41.9 Å². The molecule has 2 aromatic carbocycles. The molecule has 6 heteroatoms. The molecule has 1 fully saturated rings. The maximum absolute atomic E-state index is 13.4. The van der Waals surface area contributed by atoms with E-state index in [1.165, 1.54) is 23.1 Å². The SMILES string of the molecule is CC(C)N(Cc1ccccc1)C(=O)C1CC(=O)N(c2ccc(F)c(Cl)c2)C1. The van der Waals surface area contributed by atoms with Gasteiger partial charge >= 0.3 is 0 Å². The third-order valence-electron chi connectivity index (χ3n) is 4.79. The molecule has 1 atom stereocenters. The molecule has 0 aliphatic carbocycles. The minimum atomic E-state index is -0.534. The number of benzene rings is 2. The highest BCUT2D eigenvalue weighted by Gasteiger charge is 2.38. The van der Waals surface area contributed by atoms with Crippen molar-refractivity contribution in [2.45, 2.75) is 32.9 Å². The van der Waals surface area contributed by atoms with Crippen molar-refractivity contribution in [3.8, 4) is 0 Å². The summed E-state index contributed by atoms with van der Waals surface area (Å²) in [6.45, 7) is 4.71. The monoisotopic (exact) mass is 388 g/mol. The Labute approximate surface area is 163 Å². The average molecular weight is 389 g/mol. The first-order valence-electron chi connectivity index (χ1n) is 8.96. The van der Waals surface area contributed by atoms with Gasteiger partial charge in [0.15, 0.2) is 0 Å². The Morgan fingerprint density at radius 3 is 2.59 bits per heavy atom. The largest absolute Gasteiger partial charge is 0.336 e. The lowest BCUT2D eigenvalue weighted by atomic mass is 10.1. The van der Waals surface area contributed by atoms with Gasteiger partial charge in [0.05, 0.1) is 10.9 Å². The number of carbonyl (C=O) groups excluding carboxylic acids is 2. The Bertz CT molecular complexity index is 841. The molecule has 2 amide bonds. The predicted octanol–water partition coefficient (Wildman–Crippen LogP) is 4.27. The average Bonchev–Trinajstić information content (AvgIpc) is 3.04. The highest BCUT2D eigenvalue weighted by atomic mass is 35.5. The number of amides is 2. The molecule has 0 bridgehead atoms. The molecule has 3 rings (SSSR count). The predicted molar refractivity (Wildman–Crippen MR) is 104 cm³/mol. The van der Waals surface area contributed by atoms with E-state index in [9.17, 15) is 14.0 Å². The maximum atomic E-state index is 13.4. The molecule has 0 aromatic heterocycles. The lowest BCUT2D eigenvalue weighted by molar-refractivity contribution is -0.138. The lowest BCUT2D eigenvalue weighted by Crippen LogP contribution is -2.41. The van der Waals surface area contributed by atoms with Crippen molar-refractivity contribution in [3.05, 3.63) is 64.9 Å². The zero-order valence-corrected chi connectivity index (χ0v) is 16.1. The number of carbonyl (C=O) groups is 2. The van der Waals surface area contributed by atoms with Crippen molar-refractivity contribution in [1.82, 2.24) is 4.90 Å². The van der Waals surface area contributed by atoms with Gasteiger partial charge in [0.2, 0.25) is 11.8 Å². The summed E-state index contributed by atoms with van der Waals surface area (Å²) < 4.78 is 13.4. The number of hydrogen-bond donors (Lipinski definition) is 0. The summed E-state index contributed by atoms with van der Waals surface area (Å²) in [7, 11) is 0. The third kappa shape index (κ3) is 4.30. The molecule has 1 unspecified atom stereocenters. The molecule has 142 valence electrons. The fraction of sp³-hybridized carbons (Fsp3) is 0.333. The fourth-order valence-electron chi connectivity index (χ4n) is 3.31. The van der Waals surface area contributed by atoms with Crippen LogP contribution in [0.1, 0.15) is 25.8 Å². The van der Waals surface area contributed by atoms with E-state index in [0.717, 1.165) is 5.56 Å². The Kier molecular flexibility index (Phi) is 5.80. The van der Waals surface area contributed by atoms with Gasteiger partial charge in [0, 0.05) is 31.2 Å². The Morgan fingerprint density at radius 1 is 1.26 bits per heavy atom. The van der Waals surface area contributed by atoms with E-state index in [1.54, 1.807) is 4.90 Å². The van der Waals surface area contributed by atoms with E-state index < -0.39 is 11.7 Å². The molecule has 1 aliphatic rings. The van der Waals surface area contributed by atoms with Crippen LogP contribution in [0.4, 0.5) is 10.1 Å². The van der Waals surface area contributed by atoms with Crippen molar-refractivity contribution in [2.75, 3.05) is 11.4 Å². The van der Waals surface area contributed by atoms with E-state index in [4.69, 9.17) is 11.6 Å². The smallest absolute Gasteiger partial charge is 0.228 e. The summed E-state index contributed by atoms with van der Waals surface area (Å²) >= 11 is 5.83. The van der Waals surface area contributed by atoms with Crippen molar-refractivity contribution < 1.29 is 14.0 Å². The van der Waals surface area contributed by atoms with Gasteiger partial charge in [-0.25, -0.2) is 4.39 Å². The van der Waals surface area contributed by atoms with Crippen molar-refractivity contribution in [1.29, 1.82) is 0 Å². The van der Waals surface area contributed by atoms with Crippen LogP contribution in [0.5, 0.6) is 0 Å². The zero-order chi connectivity index (χ0) is 19.6. The second kappa shape index (κ2) is 8.09. The van der Waals surface area contributed by atoms with Gasteiger partial charge in [-0.15, -0.1) is 0 Å². The summed E-state index contributed by atoms with van der Waals surface area (Å²) in [4.78, 5) is 28.9.